The van der Waals surface area contributed by atoms with Gasteiger partial charge in [0.05, 0.1) is 6.42 Å². The molecule has 2 aromatic rings. The molecule has 1 amide bonds. The van der Waals surface area contributed by atoms with E-state index in [1.165, 1.54) is 25.1 Å². The second-order valence-electron chi connectivity index (χ2n) is 7.54. The first-order valence-electron chi connectivity index (χ1n) is 9.16. The van der Waals surface area contributed by atoms with Crippen LogP contribution < -0.4 is 5.32 Å². The smallest absolute Gasteiger partial charge is 0.224 e. The van der Waals surface area contributed by atoms with E-state index in [9.17, 15) is 4.79 Å². The van der Waals surface area contributed by atoms with Crippen LogP contribution >= 0.6 is 11.3 Å². The molecule has 0 bridgehead atoms. The molecule has 1 saturated heterocycles. The Morgan fingerprint density at radius 1 is 1.08 bits per heavy atom. The molecule has 1 aliphatic heterocycles. The minimum Gasteiger partial charge on any atom is -0.352 e. The van der Waals surface area contributed by atoms with Crippen LogP contribution in [0.25, 0.3) is 0 Å². The summed E-state index contributed by atoms with van der Waals surface area (Å²) in [6.07, 6.45) is 1.81. The van der Waals surface area contributed by atoms with Gasteiger partial charge in [0.15, 0.2) is 0 Å². The van der Waals surface area contributed by atoms with E-state index in [4.69, 9.17) is 0 Å². The highest BCUT2D eigenvalue weighted by molar-refractivity contribution is 7.07. The molecular weight excluding hydrogens is 328 g/mol. The molecule has 0 aliphatic carbocycles. The summed E-state index contributed by atoms with van der Waals surface area (Å²) >= 11 is 1.63. The SMILES string of the molecule is CC1CC(C)CN(Cc2ccc(CNC(=O)Cc3ccsc3)cc2)C1. The summed E-state index contributed by atoms with van der Waals surface area (Å²) < 4.78 is 0. The van der Waals surface area contributed by atoms with Gasteiger partial charge in [-0.05, 0) is 51.8 Å². The van der Waals surface area contributed by atoms with Crippen molar-refractivity contribution >= 4 is 17.2 Å². The number of hydrogen-bond donors (Lipinski definition) is 1. The zero-order valence-electron chi connectivity index (χ0n) is 15.2. The molecule has 1 N–H and O–H groups in total. The van der Waals surface area contributed by atoms with Crippen LogP contribution in [-0.4, -0.2) is 23.9 Å². The number of carbonyl (C=O) groups excluding carboxylic acids is 1. The first-order valence-corrected chi connectivity index (χ1v) is 10.1. The molecule has 134 valence electrons. The van der Waals surface area contributed by atoms with E-state index in [1.54, 1.807) is 11.3 Å². The summed E-state index contributed by atoms with van der Waals surface area (Å²) in [5.74, 6) is 1.67. The van der Waals surface area contributed by atoms with Crippen molar-refractivity contribution in [1.82, 2.24) is 10.2 Å². The van der Waals surface area contributed by atoms with Crippen LogP contribution in [-0.2, 0) is 24.3 Å². The Bertz CT molecular complexity index is 656. The van der Waals surface area contributed by atoms with Gasteiger partial charge in [0.2, 0.25) is 5.91 Å². The number of nitrogens with zero attached hydrogens (tertiary/aromatic N) is 1. The lowest BCUT2D eigenvalue weighted by Gasteiger charge is -2.35. The molecular formula is C21H28N2OS. The Kier molecular flexibility index (Phi) is 6.27. The summed E-state index contributed by atoms with van der Waals surface area (Å²) in [7, 11) is 0. The summed E-state index contributed by atoms with van der Waals surface area (Å²) in [5.41, 5.74) is 3.60. The summed E-state index contributed by atoms with van der Waals surface area (Å²) in [4.78, 5) is 14.5. The van der Waals surface area contributed by atoms with Crippen molar-refractivity contribution in [2.75, 3.05) is 13.1 Å². The van der Waals surface area contributed by atoms with Crippen LogP contribution in [0.4, 0.5) is 0 Å². The lowest BCUT2D eigenvalue weighted by atomic mass is 9.91. The van der Waals surface area contributed by atoms with Crippen molar-refractivity contribution in [3.8, 4) is 0 Å². The Morgan fingerprint density at radius 2 is 1.76 bits per heavy atom. The minimum absolute atomic E-state index is 0.0822. The Morgan fingerprint density at radius 3 is 2.40 bits per heavy atom. The number of nitrogens with one attached hydrogen (secondary N) is 1. The van der Waals surface area contributed by atoms with Gasteiger partial charge in [-0.1, -0.05) is 38.1 Å². The van der Waals surface area contributed by atoms with Crippen molar-refractivity contribution in [3.63, 3.8) is 0 Å². The van der Waals surface area contributed by atoms with Gasteiger partial charge < -0.3 is 5.32 Å². The lowest BCUT2D eigenvalue weighted by Crippen LogP contribution is -2.38. The predicted molar refractivity (Wildman–Crippen MR) is 105 cm³/mol. The molecule has 25 heavy (non-hydrogen) atoms. The van der Waals surface area contributed by atoms with Gasteiger partial charge in [-0.25, -0.2) is 0 Å². The number of piperidine rings is 1. The van der Waals surface area contributed by atoms with Crippen molar-refractivity contribution in [3.05, 3.63) is 57.8 Å². The monoisotopic (exact) mass is 356 g/mol. The zero-order valence-corrected chi connectivity index (χ0v) is 16.0. The van der Waals surface area contributed by atoms with Gasteiger partial charge in [0.25, 0.3) is 0 Å². The minimum atomic E-state index is 0.0822. The van der Waals surface area contributed by atoms with Crippen molar-refractivity contribution in [1.29, 1.82) is 0 Å². The Balaban J connectivity index is 1.46. The molecule has 1 aliphatic rings. The molecule has 3 nitrogen and oxygen atoms in total. The normalized spacial score (nSPS) is 21.2. The van der Waals surface area contributed by atoms with Gasteiger partial charge in [-0.15, -0.1) is 0 Å². The standard InChI is InChI=1S/C21H28N2OS/c1-16-9-17(2)13-23(12-16)14-19-5-3-18(4-6-19)11-22-21(24)10-20-7-8-25-15-20/h3-8,15-17H,9-14H2,1-2H3,(H,22,24). The number of thiophene rings is 1. The second kappa shape index (κ2) is 8.63. The average Bonchev–Trinajstić information content (AvgIpc) is 3.06. The molecule has 3 rings (SSSR count). The fourth-order valence-corrected chi connectivity index (χ4v) is 4.45. The third-order valence-corrected chi connectivity index (χ3v) is 5.54. The van der Waals surface area contributed by atoms with E-state index in [0.29, 0.717) is 13.0 Å². The van der Waals surface area contributed by atoms with Crippen molar-refractivity contribution in [2.24, 2.45) is 11.8 Å². The lowest BCUT2D eigenvalue weighted by molar-refractivity contribution is -0.120. The molecule has 0 saturated carbocycles. The van der Waals surface area contributed by atoms with Crippen molar-refractivity contribution < 1.29 is 4.79 Å². The van der Waals surface area contributed by atoms with Gasteiger partial charge in [0.1, 0.15) is 0 Å². The highest BCUT2D eigenvalue weighted by Crippen LogP contribution is 2.22. The van der Waals surface area contributed by atoms with Gasteiger partial charge in [0, 0.05) is 26.2 Å². The average molecular weight is 357 g/mol. The Hall–Kier alpha value is -1.65. The molecule has 4 heteroatoms. The van der Waals surface area contributed by atoms with Gasteiger partial charge >= 0.3 is 0 Å². The Labute approximate surface area is 155 Å². The van der Waals surface area contributed by atoms with Crippen LogP contribution in [0.2, 0.25) is 0 Å². The van der Waals surface area contributed by atoms with Crippen LogP contribution in [0.3, 0.4) is 0 Å². The van der Waals surface area contributed by atoms with E-state index in [2.05, 4.69) is 48.3 Å². The maximum atomic E-state index is 12.0. The van der Waals surface area contributed by atoms with E-state index < -0.39 is 0 Å². The molecule has 2 heterocycles. The van der Waals surface area contributed by atoms with E-state index in [-0.39, 0.29) is 5.91 Å². The fraction of sp³-hybridized carbons (Fsp3) is 0.476. The maximum absolute atomic E-state index is 12.0. The number of hydrogen-bond acceptors (Lipinski definition) is 3. The van der Waals surface area contributed by atoms with Crippen molar-refractivity contribution in [2.45, 2.75) is 39.8 Å². The molecule has 1 aromatic carbocycles. The third-order valence-electron chi connectivity index (χ3n) is 4.81. The maximum Gasteiger partial charge on any atom is 0.224 e. The number of likely N-dealkylation sites (tertiary alicyclic amines) is 1. The molecule has 0 radical (unpaired) electrons. The van der Waals surface area contributed by atoms with E-state index >= 15 is 0 Å². The summed E-state index contributed by atoms with van der Waals surface area (Å²) in [5, 5.41) is 7.03. The molecule has 2 unspecified atom stereocenters. The molecule has 2 atom stereocenters. The largest absolute Gasteiger partial charge is 0.352 e. The topological polar surface area (TPSA) is 32.3 Å². The second-order valence-corrected chi connectivity index (χ2v) is 8.32. The number of benzene rings is 1. The molecule has 0 spiro atoms. The quantitative estimate of drug-likeness (QED) is 0.846. The summed E-state index contributed by atoms with van der Waals surface area (Å²) in [6.45, 7) is 8.73. The fourth-order valence-electron chi connectivity index (χ4n) is 3.78. The molecule has 1 aromatic heterocycles. The van der Waals surface area contributed by atoms with E-state index in [1.807, 2.05) is 16.8 Å². The van der Waals surface area contributed by atoms with Gasteiger partial charge in [-0.2, -0.15) is 11.3 Å². The highest BCUT2D eigenvalue weighted by Gasteiger charge is 2.21. The number of rotatable bonds is 6. The van der Waals surface area contributed by atoms with Crippen LogP contribution in [0.1, 0.15) is 37.0 Å². The van der Waals surface area contributed by atoms with Crippen LogP contribution in [0, 0.1) is 11.8 Å². The molecule has 1 fully saturated rings. The zero-order chi connectivity index (χ0) is 17.6. The first-order chi connectivity index (χ1) is 12.1. The van der Waals surface area contributed by atoms with Crippen LogP contribution in [0.15, 0.2) is 41.1 Å². The summed E-state index contributed by atoms with van der Waals surface area (Å²) in [6, 6.07) is 10.7. The number of carbonyl (C=O) groups is 1. The van der Waals surface area contributed by atoms with Crippen LogP contribution in [0.5, 0.6) is 0 Å². The number of amides is 1. The van der Waals surface area contributed by atoms with Gasteiger partial charge in [-0.3, -0.25) is 9.69 Å². The highest BCUT2D eigenvalue weighted by atomic mass is 32.1. The predicted octanol–water partition coefficient (Wildman–Crippen LogP) is 4.08. The van der Waals surface area contributed by atoms with E-state index in [0.717, 1.165) is 29.5 Å². The third kappa shape index (κ3) is 5.68. The first kappa shape index (κ1) is 18.2.